The van der Waals surface area contributed by atoms with Gasteiger partial charge in [-0.05, 0) is 33.2 Å². The zero-order valence-electron chi connectivity index (χ0n) is 12.2. The molecule has 0 aliphatic carbocycles. The molecule has 2 rings (SSSR count). The van der Waals surface area contributed by atoms with Crippen LogP contribution in [0.3, 0.4) is 0 Å². The fourth-order valence-electron chi connectivity index (χ4n) is 2.66. The Balaban J connectivity index is 2.13. The van der Waals surface area contributed by atoms with Gasteiger partial charge < -0.3 is 11.1 Å². The molecule has 0 saturated carbocycles. The van der Waals surface area contributed by atoms with Crippen LogP contribution in [0.4, 0.5) is 5.82 Å². The highest BCUT2D eigenvalue weighted by Crippen LogP contribution is 2.19. The SMILES string of the molecule is CCNc1cc(C)nc(CN2CCCCC2C(N)=O)n1. The van der Waals surface area contributed by atoms with Gasteiger partial charge in [0.15, 0.2) is 0 Å². The monoisotopic (exact) mass is 277 g/mol. The first kappa shape index (κ1) is 14.7. The Morgan fingerprint density at radius 2 is 2.30 bits per heavy atom. The number of hydrogen-bond donors (Lipinski definition) is 2. The van der Waals surface area contributed by atoms with Crippen LogP contribution in [-0.2, 0) is 11.3 Å². The average Bonchev–Trinajstić information content (AvgIpc) is 2.38. The summed E-state index contributed by atoms with van der Waals surface area (Å²) >= 11 is 0. The second kappa shape index (κ2) is 6.65. The second-order valence-corrected chi connectivity index (χ2v) is 5.23. The van der Waals surface area contributed by atoms with Crippen LogP contribution in [0.5, 0.6) is 0 Å². The second-order valence-electron chi connectivity index (χ2n) is 5.23. The number of primary amides is 1. The summed E-state index contributed by atoms with van der Waals surface area (Å²) in [6, 6.07) is 1.74. The molecule has 0 spiro atoms. The number of amides is 1. The molecular formula is C14H23N5O. The Kier molecular flexibility index (Phi) is 4.89. The van der Waals surface area contributed by atoms with E-state index in [1.54, 1.807) is 0 Å². The first-order chi connectivity index (χ1) is 9.60. The molecule has 1 atom stereocenters. The molecule has 20 heavy (non-hydrogen) atoms. The van der Waals surface area contributed by atoms with E-state index in [0.717, 1.165) is 49.7 Å². The van der Waals surface area contributed by atoms with Gasteiger partial charge in [0.1, 0.15) is 11.6 Å². The summed E-state index contributed by atoms with van der Waals surface area (Å²) < 4.78 is 0. The maximum atomic E-state index is 11.5. The third-order valence-corrected chi connectivity index (χ3v) is 3.55. The molecule has 1 aliphatic rings. The number of aromatic nitrogens is 2. The summed E-state index contributed by atoms with van der Waals surface area (Å²) in [5.41, 5.74) is 6.41. The van der Waals surface area contributed by atoms with Crippen molar-refractivity contribution in [1.29, 1.82) is 0 Å². The lowest BCUT2D eigenvalue weighted by atomic mass is 10.0. The summed E-state index contributed by atoms with van der Waals surface area (Å²) in [4.78, 5) is 22.6. The topological polar surface area (TPSA) is 84.1 Å². The van der Waals surface area contributed by atoms with E-state index in [9.17, 15) is 4.79 Å². The van der Waals surface area contributed by atoms with Crippen molar-refractivity contribution in [1.82, 2.24) is 14.9 Å². The van der Waals surface area contributed by atoms with Gasteiger partial charge in [0.2, 0.25) is 5.91 Å². The minimum absolute atomic E-state index is 0.185. The summed E-state index contributed by atoms with van der Waals surface area (Å²) in [6.07, 6.45) is 2.98. The molecule has 2 heterocycles. The van der Waals surface area contributed by atoms with Gasteiger partial charge in [-0.15, -0.1) is 0 Å². The Bertz CT molecular complexity index is 477. The normalized spacial score (nSPS) is 19.8. The molecular weight excluding hydrogens is 254 g/mol. The molecule has 0 aromatic carbocycles. The smallest absolute Gasteiger partial charge is 0.234 e. The van der Waals surface area contributed by atoms with E-state index >= 15 is 0 Å². The Hall–Kier alpha value is -1.69. The van der Waals surface area contributed by atoms with E-state index in [0.29, 0.717) is 6.54 Å². The number of carbonyl (C=O) groups is 1. The fourth-order valence-corrected chi connectivity index (χ4v) is 2.66. The molecule has 1 aromatic rings. The number of nitrogens with zero attached hydrogens (tertiary/aromatic N) is 3. The summed E-state index contributed by atoms with van der Waals surface area (Å²) in [6.45, 7) is 6.26. The molecule has 1 aromatic heterocycles. The Morgan fingerprint density at radius 1 is 1.50 bits per heavy atom. The number of rotatable bonds is 5. The van der Waals surface area contributed by atoms with Gasteiger partial charge in [0.25, 0.3) is 0 Å². The van der Waals surface area contributed by atoms with Crippen LogP contribution >= 0.6 is 0 Å². The Morgan fingerprint density at radius 3 is 3.00 bits per heavy atom. The van der Waals surface area contributed by atoms with Gasteiger partial charge in [0.05, 0.1) is 12.6 Å². The van der Waals surface area contributed by atoms with Crippen LogP contribution in [0.1, 0.15) is 37.7 Å². The van der Waals surface area contributed by atoms with Gasteiger partial charge in [-0.2, -0.15) is 0 Å². The van der Waals surface area contributed by atoms with Crippen molar-refractivity contribution in [3.05, 3.63) is 17.6 Å². The molecule has 6 heteroatoms. The van der Waals surface area contributed by atoms with Gasteiger partial charge in [-0.1, -0.05) is 6.42 Å². The van der Waals surface area contributed by atoms with E-state index in [1.807, 2.05) is 19.9 Å². The lowest BCUT2D eigenvalue weighted by Gasteiger charge is -2.32. The minimum atomic E-state index is -0.246. The van der Waals surface area contributed by atoms with Gasteiger partial charge >= 0.3 is 0 Å². The largest absolute Gasteiger partial charge is 0.370 e. The highest BCUT2D eigenvalue weighted by atomic mass is 16.1. The molecule has 6 nitrogen and oxygen atoms in total. The van der Waals surface area contributed by atoms with Gasteiger partial charge in [-0.3, -0.25) is 9.69 Å². The van der Waals surface area contributed by atoms with Crippen molar-refractivity contribution in [2.45, 2.75) is 45.7 Å². The van der Waals surface area contributed by atoms with Crippen molar-refractivity contribution in [2.75, 3.05) is 18.4 Å². The number of piperidine rings is 1. The zero-order valence-corrected chi connectivity index (χ0v) is 12.2. The van der Waals surface area contributed by atoms with Crippen molar-refractivity contribution in [3.8, 4) is 0 Å². The first-order valence-electron chi connectivity index (χ1n) is 7.22. The number of likely N-dealkylation sites (tertiary alicyclic amines) is 1. The number of hydrogen-bond acceptors (Lipinski definition) is 5. The van der Waals surface area contributed by atoms with Gasteiger partial charge in [-0.25, -0.2) is 9.97 Å². The maximum Gasteiger partial charge on any atom is 0.234 e. The van der Waals surface area contributed by atoms with Crippen LogP contribution in [0.15, 0.2) is 6.07 Å². The first-order valence-corrected chi connectivity index (χ1v) is 7.22. The highest BCUT2D eigenvalue weighted by molar-refractivity contribution is 5.79. The average molecular weight is 277 g/mol. The highest BCUT2D eigenvalue weighted by Gasteiger charge is 2.27. The fraction of sp³-hybridized carbons (Fsp3) is 0.643. The molecule has 1 unspecified atom stereocenters. The van der Waals surface area contributed by atoms with Crippen molar-refractivity contribution in [2.24, 2.45) is 5.73 Å². The summed E-state index contributed by atoms with van der Waals surface area (Å²) in [5, 5.41) is 3.20. The minimum Gasteiger partial charge on any atom is -0.370 e. The summed E-state index contributed by atoms with van der Waals surface area (Å²) in [5.74, 6) is 1.33. The molecule has 1 aliphatic heterocycles. The molecule has 110 valence electrons. The lowest BCUT2D eigenvalue weighted by Crippen LogP contribution is -2.47. The number of anilines is 1. The predicted molar refractivity (Wildman–Crippen MR) is 78.2 cm³/mol. The molecule has 0 radical (unpaired) electrons. The van der Waals surface area contributed by atoms with Crippen LogP contribution in [-0.4, -0.2) is 39.9 Å². The predicted octanol–water partition coefficient (Wildman–Crippen LogP) is 1.06. The van der Waals surface area contributed by atoms with E-state index in [4.69, 9.17) is 5.73 Å². The zero-order chi connectivity index (χ0) is 14.5. The molecule has 3 N–H and O–H groups in total. The quantitative estimate of drug-likeness (QED) is 0.840. The number of aryl methyl sites for hydroxylation is 1. The van der Waals surface area contributed by atoms with Crippen molar-refractivity contribution < 1.29 is 4.79 Å². The number of nitrogens with one attached hydrogen (secondary N) is 1. The van der Waals surface area contributed by atoms with Crippen molar-refractivity contribution >= 4 is 11.7 Å². The van der Waals surface area contributed by atoms with Crippen LogP contribution < -0.4 is 11.1 Å². The number of nitrogens with two attached hydrogens (primary N) is 1. The van der Waals surface area contributed by atoms with Crippen molar-refractivity contribution in [3.63, 3.8) is 0 Å². The molecule has 1 amide bonds. The van der Waals surface area contributed by atoms with E-state index in [1.165, 1.54) is 0 Å². The standard InChI is InChI=1S/C14H23N5O/c1-3-16-12-8-10(2)17-13(18-12)9-19-7-5-4-6-11(19)14(15)20/h8,11H,3-7,9H2,1-2H3,(H2,15,20)(H,16,17,18). The molecule has 1 saturated heterocycles. The lowest BCUT2D eigenvalue weighted by molar-refractivity contribution is -0.124. The van der Waals surface area contributed by atoms with Crippen LogP contribution in [0.2, 0.25) is 0 Å². The summed E-state index contributed by atoms with van der Waals surface area (Å²) in [7, 11) is 0. The molecule has 0 bridgehead atoms. The van der Waals surface area contributed by atoms with E-state index in [2.05, 4.69) is 20.2 Å². The maximum absolute atomic E-state index is 11.5. The third kappa shape index (κ3) is 3.66. The van der Waals surface area contributed by atoms with Gasteiger partial charge in [0, 0.05) is 18.3 Å². The molecule has 1 fully saturated rings. The van der Waals surface area contributed by atoms with Crippen LogP contribution in [0, 0.1) is 6.92 Å². The Labute approximate surface area is 119 Å². The van der Waals surface area contributed by atoms with E-state index in [-0.39, 0.29) is 11.9 Å². The van der Waals surface area contributed by atoms with E-state index < -0.39 is 0 Å². The number of carbonyl (C=O) groups excluding carboxylic acids is 1. The van der Waals surface area contributed by atoms with Crippen LogP contribution in [0.25, 0.3) is 0 Å². The third-order valence-electron chi connectivity index (χ3n) is 3.55.